The first-order chi connectivity index (χ1) is 8.29. The maximum atomic E-state index is 11.3. The van der Waals surface area contributed by atoms with Crippen LogP contribution in [-0.2, 0) is 4.79 Å². The van der Waals surface area contributed by atoms with Crippen LogP contribution in [0.25, 0.3) is 0 Å². The van der Waals surface area contributed by atoms with E-state index in [0.29, 0.717) is 12.6 Å². The van der Waals surface area contributed by atoms with E-state index in [0.717, 1.165) is 13.1 Å². The third kappa shape index (κ3) is 3.42. The van der Waals surface area contributed by atoms with E-state index >= 15 is 0 Å². The van der Waals surface area contributed by atoms with Gasteiger partial charge in [0.2, 0.25) is 0 Å². The molecular formula is C13H24N2O2. The highest BCUT2D eigenvalue weighted by Gasteiger charge is 2.33. The maximum absolute atomic E-state index is 11.3. The summed E-state index contributed by atoms with van der Waals surface area (Å²) >= 11 is 0. The molecule has 1 saturated heterocycles. The van der Waals surface area contributed by atoms with Crippen molar-refractivity contribution in [1.82, 2.24) is 10.2 Å². The van der Waals surface area contributed by atoms with Gasteiger partial charge >= 0.3 is 5.97 Å². The summed E-state index contributed by atoms with van der Waals surface area (Å²) in [5.41, 5.74) is 0. The van der Waals surface area contributed by atoms with E-state index in [1.165, 1.54) is 44.9 Å². The van der Waals surface area contributed by atoms with Crippen LogP contribution < -0.4 is 5.32 Å². The van der Waals surface area contributed by atoms with Gasteiger partial charge in [-0.3, -0.25) is 9.69 Å². The fourth-order valence-electron chi connectivity index (χ4n) is 3.15. The summed E-state index contributed by atoms with van der Waals surface area (Å²) in [6.45, 7) is 2.42. The summed E-state index contributed by atoms with van der Waals surface area (Å²) in [7, 11) is 0. The molecule has 1 aliphatic heterocycles. The van der Waals surface area contributed by atoms with E-state index in [2.05, 4.69) is 10.2 Å². The highest BCUT2D eigenvalue weighted by Crippen LogP contribution is 2.23. The van der Waals surface area contributed by atoms with Gasteiger partial charge in [-0.25, -0.2) is 0 Å². The fourth-order valence-corrected chi connectivity index (χ4v) is 3.15. The van der Waals surface area contributed by atoms with Gasteiger partial charge in [0.05, 0.1) is 0 Å². The fraction of sp³-hybridized carbons (Fsp3) is 0.923. The van der Waals surface area contributed by atoms with Crippen LogP contribution in [0.2, 0.25) is 0 Å². The van der Waals surface area contributed by atoms with E-state index in [9.17, 15) is 9.90 Å². The van der Waals surface area contributed by atoms with Crippen molar-refractivity contribution >= 4 is 5.97 Å². The number of carboxylic acid groups (broad SMARTS) is 1. The molecule has 4 nitrogen and oxygen atoms in total. The molecule has 0 bridgehead atoms. The minimum atomic E-state index is -0.667. The smallest absolute Gasteiger partial charge is 0.322 e. The average Bonchev–Trinajstić information content (AvgIpc) is 2.28. The summed E-state index contributed by atoms with van der Waals surface area (Å²) < 4.78 is 0. The first kappa shape index (κ1) is 12.8. The van der Waals surface area contributed by atoms with Crippen molar-refractivity contribution in [2.24, 2.45) is 0 Å². The van der Waals surface area contributed by atoms with E-state index in [-0.39, 0.29) is 6.04 Å². The number of hydrogen-bond acceptors (Lipinski definition) is 3. The molecule has 2 fully saturated rings. The molecule has 1 heterocycles. The Morgan fingerprint density at radius 3 is 2.41 bits per heavy atom. The van der Waals surface area contributed by atoms with Gasteiger partial charge in [0, 0.05) is 25.7 Å². The summed E-state index contributed by atoms with van der Waals surface area (Å²) in [4.78, 5) is 13.5. The SMILES string of the molecule is O=C(O)C1CNCCN1C1CCCCCCC1. The van der Waals surface area contributed by atoms with Crippen molar-refractivity contribution in [2.45, 2.75) is 57.0 Å². The highest BCUT2D eigenvalue weighted by atomic mass is 16.4. The van der Waals surface area contributed by atoms with E-state index < -0.39 is 5.97 Å². The minimum Gasteiger partial charge on any atom is -0.480 e. The predicted octanol–water partition coefficient (Wildman–Crippen LogP) is 1.46. The van der Waals surface area contributed by atoms with Gasteiger partial charge in [0.15, 0.2) is 0 Å². The van der Waals surface area contributed by atoms with Gasteiger partial charge in [-0.1, -0.05) is 32.1 Å². The second-order valence-corrected chi connectivity index (χ2v) is 5.29. The molecule has 0 amide bonds. The van der Waals surface area contributed by atoms with Gasteiger partial charge < -0.3 is 10.4 Å². The number of nitrogens with one attached hydrogen (secondary N) is 1. The molecule has 0 aromatic rings. The zero-order chi connectivity index (χ0) is 12.1. The van der Waals surface area contributed by atoms with Crippen molar-refractivity contribution in [3.05, 3.63) is 0 Å². The molecule has 2 rings (SSSR count). The van der Waals surface area contributed by atoms with E-state index in [4.69, 9.17) is 0 Å². The van der Waals surface area contributed by atoms with Crippen molar-refractivity contribution in [2.75, 3.05) is 19.6 Å². The first-order valence-electron chi connectivity index (χ1n) is 6.98. The highest BCUT2D eigenvalue weighted by molar-refractivity contribution is 5.74. The number of carboxylic acids is 1. The molecule has 4 heteroatoms. The quantitative estimate of drug-likeness (QED) is 0.767. The zero-order valence-electron chi connectivity index (χ0n) is 10.5. The Bertz CT molecular complexity index is 250. The van der Waals surface area contributed by atoms with Gasteiger partial charge in [-0.15, -0.1) is 0 Å². The maximum Gasteiger partial charge on any atom is 0.322 e. The first-order valence-corrected chi connectivity index (χ1v) is 6.98. The van der Waals surface area contributed by atoms with Crippen molar-refractivity contribution in [1.29, 1.82) is 0 Å². The lowest BCUT2D eigenvalue weighted by Gasteiger charge is -2.40. The number of aliphatic carboxylic acids is 1. The third-order valence-corrected chi connectivity index (χ3v) is 4.11. The zero-order valence-corrected chi connectivity index (χ0v) is 10.5. The summed E-state index contributed by atoms with van der Waals surface area (Å²) in [5.74, 6) is -0.667. The van der Waals surface area contributed by atoms with Crippen LogP contribution in [0.1, 0.15) is 44.9 Å². The second kappa shape index (κ2) is 6.36. The van der Waals surface area contributed by atoms with Crippen LogP contribution in [-0.4, -0.2) is 47.7 Å². The normalized spacial score (nSPS) is 29.5. The lowest BCUT2D eigenvalue weighted by atomic mass is 9.94. The standard InChI is InChI=1S/C13H24N2O2/c16-13(17)12-10-14-8-9-15(12)11-6-4-2-1-3-5-7-11/h11-12,14H,1-10H2,(H,16,17). The predicted molar refractivity (Wildman–Crippen MR) is 67.1 cm³/mol. The lowest BCUT2D eigenvalue weighted by Crippen LogP contribution is -2.58. The van der Waals surface area contributed by atoms with Crippen molar-refractivity contribution < 1.29 is 9.90 Å². The van der Waals surface area contributed by atoms with Gasteiger partial charge in [0.25, 0.3) is 0 Å². The second-order valence-electron chi connectivity index (χ2n) is 5.29. The Morgan fingerprint density at radius 1 is 1.12 bits per heavy atom. The molecule has 17 heavy (non-hydrogen) atoms. The van der Waals surface area contributed by atoms with Gasteiger partial charge in [-0.05, 0) is 12.8 Å². The summed E-state index contributed by atoms with van der Waals surface area (Å²) in [6.07, 6.45) is 8.90. The summed E-state index contributed by atoms with van der Waals surface area (Å²) in [6, 6.07) is 0.187. The third-order valence-electron chi connectivity index (χ3n) is 4.11. The molecule has 0 aromatic heterocycles. The molecule has 1 atom stereocenters. The van der Waals surface area contributed by atoms with Crippen LogP contribution in [0.15, 0.2) is 0 Å². The molecular weight excluding hydrogens is 216 g/mol. The van der Waals surface area contributed by atoms with Crippen LogP contribution in [0, 0.1) is 0 Å². The molecule has 2 N–H and O–H groups in total. The largest absolute Gasteiger partial charge is 0.480 e. The number of carbonyl (C=O) groups is 1. The topological polar surface area (TPSA) is 52.6 Å². The molecule has 1 saturated carbocycles. The van der Waals surface area contributed by atoms with Crippen molar-refractivity contribution in [3.8, 4) is 0 Å². The van der Waals surface area contributed by atoms with Crippen LogP contribution in [0.4, 0.5) is 0 Å². The number of hydrogen-bond donors (Lipinski definition) is 2. The van der Waals surface area contributed by atoms with Crippen LogP contribution in [0.5, 0.6) is 0 Å². The van der Waals surface area contributed by atoms with E-state index in [1.54, 1.807) is 0 Å². The molecule has 0 aromatic carbocycles. The molecule has 2 aliphatic rings. The Kier molecular flexibility index (Phi) is 4.80. The molecule has 98 valence electrons. The Hall–Kier alpha value is -0.610. The minimum absolute atomic E-state index is 0.312. The van der Waals surface area contributed by atoms with Crippen molar-refractivity contribution in [3.63, 3.8) is 0 Å². The molecule has 0 spiro atoms. The Morgan fingerprint density at radius 2 is 1.76 bits per heavy atom. The molecule has 0 radical (unpaired) electrons. The average molecular weight is 240 g/mol. The summed E-state index contributed by atoms with van der Waals surface area (Å²) in [5, 5.41) is 12.5. The number of rotatable bonds is 2. The van der Waals surface area contributed by atoms with Crippen LogP contribution >= 0.6 is 0 Å². The van der Waals surface area contributed by atoms with E-state index in [1.807, 2.05) is 0 Å². The van der Waals surface area contributed by atoms with Gasteiger partial charge in [0.1, 0.15) is 6.04 Å². The molecule has 1 aliphatic carbocycles. The number of piperazine rings is 1. The van der Waals surface area contributed by atoms with Crippen LogP contribution in [0.3, 0.4) is 0 Å². The lowest BCUT2D eigenvalue weighted by molar-refractivity contribution is -0.145. The monoisotopic (exact) mass is 240 g/mol. The molecule has 1 unspecified atom stereocenters. The number of nitrogens with zero attached hydrogens (tertiary/aromatic N) is 1. The van der Waals surface area contributed by atoms with Gasteiger partial charge in [-0.2, -0.15) is 0 Å². The Labute approximate surface area is 103 Å². The Balaban J connectivity index is 1.98.